The van der Waals surface area contributed by atoms with Crippen molar-refractivity contribution in [1.29, 1.82) is 0 Å². The second-order valence-electron chi connectivity index (χ2n) is 4.67. The van der Waals surface area contributed by atoms with Gasteiger partial charge in [0.05, 0.1) is 12.2 Å². The maximum atomic E-state index is 12.1. The molecule has 2 amide bonds. The third-order valence-electron chi connectivity index (χ3n) is 2.74. The lowest BCUT2D eigenvalue weighted by Crippen LogP contribution is -2.47. The zero-order chi connectivity index (χ0) is 14.0. The van der Waals surface area contributed by atoms with Gasteiger partial charge in [0.1, 0.15) is 5.75 Å². The van der Waals surface area contributed by atoms with Gasteiger partial charge in [-0.05, 0) is 18.2 Å². The minimum atomic E-state index is -0.381. The maximum absolute atomic E-state index is 12.1. The van der Waals surface area contributed by atoms with E-state index in [0.717, 1.165) is 4.90 Å². The van der Waals surface area contributed by atoms with Gasteiger partial charge in [-0.3, -0.25) is 9.59 Å². The van der Waals surface area contributed by atoms with Crippen LogP contribution >= 0.6 is 0 Å². The van der Waals surface area contributed by atoms with Gasteiger partial charge in [-0.2, -0.15) is 0 Å². The molecule has 0 atom stereocenters. The summed E-state index contributed by atoms with van der Waals surface area (Å²) in [6, 6.07) is 5.07. The normalized spacial score (nSPS) is 14.3. The first-order chi connectivity index (χ1) is 8.99. The highest BCUT2D eigenvalue weighted by atomic mass is 16.5. The Bertz CT molecular complexity index is 514. The molecular weight excluding hydrogens is 246 g/mol. The van der Waals surface area contributed by atoms with Crippen LogP contribution in [0.4, 0.5) is 11.4 Å². The largest absolute Gasteiger partial charge is 0.482 e. The summed E-state index contributed by atoms with van der Waals surface area (Å²) in [5.41, 5.74) is 6.58. The molecule has 19 heavy (non-hydrogen) atoms. The molecular formula is C13H17N3O3. The van der Waals surface area contributed by atoms with Crippen LogP contribution in [0.15, 0.2) is 18.2 Å². The Morgan fingerprint density at radius 1 is 1.53 bits per heavy atom. The van der Waals surface area contributed by atoms with E-state index >= 15 is 0 Å². The number of rotatable bonds is 3. The Morgan fingerprint density at radius 2 is 2.26 bits per heavy atom. The number of nitrogens with one attached hydrogen (secondary N) is 1. The molecule has 1 heterocycles. The summed E-state index contributed by atoms with van der Waals surface area (Å²) in [5, 5.41) is 2.99. The molecule has 0 saturated heterocycles. The average Bonchev–Trinajstić information content (AvgIpc) is 2.35. The number of anilines is 2. The molecule has 6 nitrogen and oxygen atoms in total. The van der Waals surface area contributed by atoms with Gasteiger partial charge in [0.2, 0.25) is 5.91 Å². The number of nitrogens with two attached hydrogens (primary N) is 1. The van der Waals surface area contributed by atoms with Crippen LogP contribution in [0.1, 0.15) is 13.8 Å². The molecule has 6 heteroatoms. The highest BCUT2D eigenvalue weighted by Crippen LogP contribution is 2.33. The van der Waals surface area contributed by atoms with Crippen LogP contribution in [-0.2, 0) is 9.59 Å². The van der Waals surface area contributed by atoms with Crippen LogP contribution in [0.3, 0.4) is 0 Å². The molecule has 0 aliphatic carbocycles. The summed E-state index contributed by atoms with van der Waals surface area (Å²) in [5.74, 6) is -0.200. The topological polar surface area (TPSA) is 84.7 Å². The SMILES string of the molecule is CC(C)NCC(=O)N1C(=O)COc2ccc(N)cc21. The van der Waals surface area contributed by atoms with Gasteiger partial charge in [-0.1, -0.05) is 13.8 Å². The Morgan fingerprint density at radius 3 is 2.95 bits per heavy atom. The van der Waals surface area contributed by atoms with Crippen LogP contribution in [0.25, 0.3) is 0 Å². The van der Waals surface area contributed by atoms with Crippen LogP contribution in [-0.4, -0.2) is 31.0 Å². The average molecular weight is 263 g/mol. The molecule has 102 valence electrons. The van der Waals surface area contributed by atoms with E-state index < -0.39 is 0 Å². The predicted molar refractivity (Wildman–Crippen MR) is 72.0 cm³/mol. The molecule has 0 fully saturated rings. The molecule has 1 aromatic rings. The first-order valence-electron chi connectivity index (χ1n) is 6.10. The lowest BCUT2D eigenvalue weighted by atomic mass is 10.2. The van der Waals surface area contributed by atoms with Crippen molar-refractivity contribution in [1.82, 2.24) is 5.32 Å². The van der Waals surface area contributed by atoms with E-state index in [1.165, 1.54) is 0 Å². The molecule has 1 aliphatic rings. The molecule has 0 spiro atoms. The third-order valence-corrected chi connectivity index (χ3v) is 2.74. The van der Waals surface area contributed by atoms with Gasteiger partial charge in [0.25, 0.3) is 5.91 Å². The fourth-order valence-electron chi connectivity index (χ4n) is 1.81. The quantitative estimate of drug-likeness (QED) is 0.777. The number of hydrogen-bond donors (Lipinski definition) is 2. The summed E-state index contributed by atoms with van der Waals surface area (Å²) in [6.07, 6.45) is 0. The van der Waals surface area contributed by atoms with Crippen molar-refractivity contribution in [2.75, 3.05) is 23.8 Å². The number of ether oxygens (including phenoxy) is 1. The standard InChI is InChI=1S/C13H17N3O3/c1-8(2)15-6-12(17)16-10-5-9(14)3-4-11(10)19-7-13(16)18/h3-5,8,15H,6-7,14H2,1-2H3. The zero-order valence-corrected chi connectivity index (χ0v) is 11.0. The van der Waals surface area contributed by atoms with Crippen LogP contribution in [0.2, 0.25) is 0 Å². The summed E-state index contributed by atoms with van der Waals surface area (Å²) in [7, 11) is 0. The number of nitrogens with zero attached hydrogens (tertiary/aromatic N) is 1. The van der Waals surface area contributed by atoms with E-state index in [1.54, 1.807) is 18.2 Å². The monoisotopic (exact) mass is 263 g/mol. The van der Waals surface area contributed by atoms with E-state index in [4.69, 9.17) is 10.5 Å². The van der Waals surface area contributed by atoms with Crippen molar-refractivity contribution in [2.24, 2.45) is 0 Å². The van der Waals surface area contributed by atoms with Crippen molar-refractivity contribution in [3.63, 3.8) is 0 Å². The molecule has 0 bridgehead atoms. The van der Waals surface area contributed by atoms with Crippen molar-refractivity contribution in [3.8, 4) is 5.75 Å². The first kappa shape index (κ1) is 13.4. The summed E-state index contributed by atoms with van der Waals surface area (Å²) < 4.78 is 5.28. The number of amides is 2. The van der Waals surface area contributed by atoms with Gasteiger partial charge in [0, 0.05) is 11.7 Å². The Balaban J connectivity index is 2.27. The van der Waals surface area contributed by atoms with E-state index in [9.17, 15) is 9.59 Å². The van der Waals surface area contributed by atoms with Crippen LogP contribution in [0.5, 0.6) is 5.75 Å². The van der Waals surface area contributed by atoms with Crippen molar-refractivity contribution < 1.29 is 14.3 Å². The van der Waals surface area contributed by atoms with Gasteiger partial charge >= 0.3 is 0 Å². The van der Waals surface area contributed by atoms with E-state index in [-0.39, 0.29) is 31.0 Å². The third kappa shape index (κ3) is 2.85. The lowest BCUT2D eigenvalue weighted by Gasteiger charge is -2.28. The van der Waals surface area contributed by atoms with Crippen molar-refractivity contribution in [3.05, 3.63) is 18.2 Å². The predicted octanol–water partition coefficient (Wildman–Crippen LogP) is 0.519. The number of hydrogen-bond acceptors (Lipinski definition) is 5. The Kier molecular flexibility index (Phi) is 3.71. The maximum Gasteiger partial charge on any atom is 0.271 e. The fraction of sp³-hybridized carbons (Fsp3) is 0.385. The molecule has 3 N–H and O–H groups in total. The lowest BCUT2D eigenvalue weighted by molar-refractivity contribution is -0.128. The minimum absolute atomic E-state index is 0.0949. The van der Waals surface area contributed by atoms with E-state index in [2.05, 4.69) is 5.32 Å². The van der Waals surface area contributed by atoms with E-state index in [1.807, 2.05) is 13.8 Å². The van der Waals surface area contributed by atoms with Gasteiger partial charge in [-0.25, -0.2) is 4.90 Å². The number of carbonyl (C=O) groups excluding carboxylic acids is 2. The molecule has 0 radical (unpaired) electrons. The molecule has 0 saturated carbocycles. The van der Waals surface area contributed by atoms with E-state index in [0.29, 0.717) is 17.1 Å². The number of fused-ring (bicyclic) bond motifs is 1. The van der Waals surface area contributed by atoms with Crippen molar-refractivity contribution in [2.45, 2.75) is 19.9 Å². The van der Waals surface area contributed by atoms with Crippen LogP contribution < -0.4 is 20.7 Å². The molecule has 1 aliphatic heterocycles. The second kappa shape index (κ2) is 5.27. The molecule has 0 unspecified atom stereocenters. The highest BCUT2D eigenvalue weighted by Gasteiger charge is 2.30. The highest BCUT2D eigenvalue weighted by molar-refractivity contribution is 6.18. The number of benzene rings is 1. The minimum Gasteiger partial charge on any atom is -0.482 e. The Labute approximate surface area is 111 Å². The van der Waals surface area contributed by atoms with Crippen LogP contribution in [0, 0.1) is 0 Å². The van der Waals surface area contributed by atoms with Gasteiger partial charge in [-0.15, -0.1) is 0 Å². The zero-order valence-electron chi connectivity index (χ0n) is 11.0. The fourth-order valence-corrected chi connectivity index (χ4v) is 1.81. The number of imide groups is 1. The second-order valence-corrected chi connectivity index (χ2v) is 4.67. The van der Waals surface area contributed by atoms with Gasteiger partial charge < -0.3 is 15.8 Å². The smallest absolute Gasteiger partial charge is 0.271 e. The number of nitrogen functional groups attached to an aromatic ring is 1. The Hall–Kier alpha value is -2.08. The number of carbonyl (C=O) groups is 2. The summed E-state index contributed by atoms with van der Waals surface area (Å²) >= 11 is 0. The molecule has 1 aromatic carbocycles. The van der Waals surface area contributed by atoms with Crippen molar-refractivity contribution >= 4 is 23.2 Å². The summed E-state index contributed by atoms with van der Waals surface area (Å²) in [4.78, 5) is 25.1. The molecule has 2 rings (SSSR count). The first-order valence-corrected chi connectivity index (χ1v) is 6.10. The molecule has 0 aromatic heterocycles. The summed E-state index contributed by atoms with van der Waals surface area (Å²) in [6.45, 7) is 3.82. The van der Waals surface area contributed by atoms with Gasteiger partial charge in [0.15, 0.2) is 6.61 Å².